The molecular formula is C24H17NO6-2. The van der Waals surface area contributed by atoms with Crippen LogP contribution in [0.15, 0.2) is 60.7 Å². The fourth-order valence-corrected chi connectivity index (χ4v) is 3.48. The first-order valence-corrected chi connectivity index (χ1v) is 9.49. The van der Waals surface area contributed by atoms with E-state index in [1.54, 1.807) is 24.3 Å². The Bertz CT molecular complexity index is 1330. The van der Waals surface area contributed by atoms with Crippen molar-refractivity contribution in [1.82, 2.24) is 4.98 Å². The van der Waals surface area contributed by atoms with Crippen molar-refractivity contribution in [3.8, 4) is 22.8 Å². The molecule has 4 aromatic rings. The van der Waals surface area contributed by atoms with Gasteiger partial charge in [-0.1, -0.05) is 30.3 Å². The minimum atomic E-state index is -1.35. The van der Waals surface area contributed by atoms with Gasteiger partial charge in [0.15, 0.2) is 11.5 Å². The second kappa shape index (κ2) is 7.95. The van der Waals surface area contributed by atoms with Crippen molar-refractivity contribution in [2.24, 2.45) is 0 Å². The van der Waals surface area contributed by atoms with Crippen LogP contribution in [0.1, 0.15) is 17.3 Å². The Kier molecular flexibility index (Phi) is 5.17. The number of nitrogens with zero attached hydrogens (tertiary/aromatic N) is 1. The first kappa shape index (κ1) is 20.2. The summed E-state index contributed by atoms with van der Waals surface area (Å²) in [5, 5.41) is 25.1. The van der Waals surface area contributed by atoms with E-state index in [0.29, 0.717) is 22.2 Å². The number of carbonyl (C=O) groups excluding carboxylic acids is 2. The number of hydrogen-bond donors (Lipinski definition) is 0. The van der Waals surface area contributed by atoms with Crippen molar-refractivity contribution >= 4 is 33.6 Å². The molecule has 3 aromatic carbocycles. The van der Waals surface area contributed by atoms with E-state index in [0.717, 1.165) is 10.8 Å². The number of carboxylic acid groups (broad SMARTS) is 2. The van der Waals surface area contributed by atoms with E-state index >= 15 is 0 Å². The minimum absolute atomic E-state index is 0.0293. The van der Waals surface area contributed by atoms with Gasteiger partial charge in [0.05, 0.1) is 30.3 Å². The first-order chi connectivity index (χ1) is 14.9. The smallest absolute Gasteiger partial charge is 0.162 e. The summed E-state index contributed by atoms with van der Waals surface area (Å²) in [4.78, 5) is 27.6. The second-order valence-corrected chi connectivity index (χ2v) is 6.97. The van der Waals surface area contributed by atoms with Gasteiger partial charge in [-0.25, -0.2) is 4.98 Å². The summed E-state index contributed by atoms with van der Waals surface area (Å²) in [5.41, 5.74) is 1.52. The third-order valence-corrected chi connectivity index (χ3v) is 5.01. The number of ether oxygens (including phenoxy) is 2. The topological polar surface area (TPSA) is 112 Å². The number of fused-ring (bicyclic) bond motifs is 3. The number of carbonyl (C=O) groups is 2. The number of rotatable bonds is 6. The summed E-state index contributed by atoms with van der Waals surface area (Å²) >= 11 is 0. The quantitative estimate of drug-likeness (QED) is 0.443. The van der Waals surface area contributed by atoms with Crippen molar-refractivity contribution < 1.29 is 29.3 Å². The lowest BCUT2D eigenvalue weighted by atomic mass is 9.98. The molecular weight excluding hydrogens is 398 g/mol. The van der Waals surface area contributed by atoms with Gasteiger partial charge in [-0.3, -0.25) is 0 Å². The highest BCUT2D eigenvalue weighted by Crippen LogP contribution is 2.35. The molecule has 1 atom stereocenters. The zero-order valence-corrected chi connectivity index (χ0v) is 16.7. The van der Waals surface area contributed by atoms with Crippen LogP contribution in [0.3, 0.4) is 0 Å². The van der Waals surface area contributed by atoms with Crippen LogP contribution in [0.5, 0.6) is 11.5 Å². The fraction of sp³-hybridized carbons (Fsp3) is 0.125. The predicted octanol–water partition coefficient (Wildman–Crippen LogP) is 1.94. The van der Waals surface area contributed by atoms with Gasteiger partial charge in [0.1, 0.15) is 6.10 Å². The average molecular weight is 415 g/mol. The zero-order valence-electron chi connectivity index (χ0n) is 16.7. The molecule has 0 amide bonds. The number of hydrogen-bond acceptors (Lipinski definition) is 7. The number of aromatic nitrogens is 1. The SMILES string of the molecule is COc1cc(-c2cc(C(=O)[O-])c3c(ccc4ccccc43)n2)ccc1O[C@H](C)C(=O)[O-]. The maximum atomic E-state index is 12.0. The van der Waals surface area contributed by atoms with Crippen LogP contribution >= 0.6 is 0 Å². The van der Waals surface area contributed by atoms with E-state index in [9.17, 15) is 19.8 Å². The maximum Gasteiger partial charge on any atom is 0.162 e. The van der Waals surface area contributed by atoms with E-state index in [-0.39, 0.29) is 17.1 Å². The molecule has 1 heterocycles. The molecule has 1 aromatic heterocycles. The van der Waals surface area contributed by atoms with Crippen LogP contribution in [0.25, 0.3) is 32.9 Å². The van der Waals surface area contributed by atoms with Crippen LogP contribution < -0.4 is 19.7 Å². The van der Waals surface area contributed by atoms with Gasteiger partial charge in [-0.05, 0) is 48.0 Å². The fourth-order valence-electron chi connectivity index (χ4n) is 3.48. The highest BCUT2D eigenvalue weighted by molar-refractivity contribution is 6.15. The Morgan fingerprint density at radius 2 is 1.74 bits per heavy atom. The lowest BCUT2D eigenvalue weighted by molar-refractivity contribution is -0.312. The lowest BCUT2D eigenvalue weighted by Crippen LogP contribution is -2.37. The van der Waals surface area contributed by atoms with Gasteiger partial charge in [0.25, 0.3) is 0 Å². The van der Waals surface area contributed by atoms with Crippen molar-refractivity contribution in [2.45, 2.75) is 13.0 Å². The molecule has 0 saturated carbocycles. The zero-order chi connectivity index (χ0) is 22.1. The number of aliphatic carboxylic acids is 1. The Morgan fingerprint density at radius 1 is 0.968 bits per heavy atom. The Balaban J connectivity index is 1.87. The summed E-state index contributed by atoms with van der Waals surface area (Å²) in [6, 6.07) is 17.4. The molecule has 0 fully saturated rings. The number of pyridine rings is 1. The number of carboxylic acids is 2. The number of benzene rings is 3. The first-order valence-electron chi connectivity index (χ1n) is 9.49. The largest absolute Gasteiger partial charge is 0.546 e. The monoisotopic (exact) mass is 415 g/mol. The summed E-state index contributed by atoms with van der Waals surface area (Å²) in [7, 11) is 1.42. The van der Waals surface area contributed by atoms with Crippen molar-refractivity contribution in [3.63, 3.8) is 0 Å². The van der Waals surface area contributed by atoms with E-state index in [1.165, 1.54) is 20.1 Å². The van der Waals surface area contributed by atoms with Gasteiger partial charge in [0, 0.05) is 16.5 Å². The molecule has 7 nitrogen and oxygen atoms in total. The molecule has 31 heavy (non-hydrogen) atoms. The summed E-state index contributed by atoms with van der Waals surface area (Å²) in [6.45, 7) is 1.35. The van der Waals surface area contributed by atoms with Crippen LogP contribution in [0.4, 0.5) is 0 Å². The van der Waals surface area contributed by atoms with Gasteiger partial charge < -0.3 is 29.3 Å². The third kappa shape index (κ3) is 3.73. The maximum absolute atomic E-state index is 12.0. The van der Waals surface area contributed by atoms with Crippen molar-refractivity contribution in [1.29, 1.82) is 0 Å². The molecule has 0 bridgehead atoms. The molecule has 0 saturated heterocycles. The molecule has 0 spiro atoms. The second-order valence-electron chi connectivity index (χ2n) is 6.97. The number of aromatic carboxylic acids is 1. The average Bonchev–Trinajstić information content (AvgIpc) is 2.78. The van der Waals surface area contributed by atoms with E-state index in [2.05, 4.69) is 4.98 Å². The highest BCUT2D eigenvalue weighted by atomic mass is 16.5. The van der Waals surface area contributed by atoms with Crippen molar-refractivity contribution in [2.75, 3.05) is 7.11 Å². The Hall–Kier alpha value is -4.13. The summed E-state index contributed by atoms with van der Waals surface area (Å²) in [6.07, 6.45) is -1.17. The van der Waals surface area contributed by atoms with Crippen molar-refractivity contribution in [3.05, 3.63) is 66.2 Å². The molecule has 0 aliphatic carbocycles. The van der Waals surface area contributed by atoms with E-state index < -0.39 is 18.0 Å². The van der Waals surface area contributed by atoms with Crippen LogP contribution in [0, 0.1) is 0 Å². The van der Waals surface area contributed by atoms with Gasteiger partial charge >= 0.3 is 0 Å². The molecule has 0 aliphatic heterocycles. The molecule has 4 rings (SSSR count). The predicted molar refractivity (Wildman–Crippen MR) is 111 cm³/mol. The third-order valence-electron chi connectivity index (χ3n) is 5.01. The molecule has 0 radical (unpaired) electrons. The number of methoxy groups -OCH3 is 1. The lowest BCUT2D eigenvalue weighted by Gasteiger charge is -2.18. The van der Waals surface area contributed by atoms with Crippen LogP contribution in [-0.4, -0.2) is 30.1 Å². The van der Waals surface area contributed by atoms with Crippen LogP contribution in [-0.2, 0) is 4.79 Å². The Morgan fingerprint density at radius 3 is 2.45 bits per heavy atom. The summed E-state index contributed by atoms with van der Waals surface area (Å²) < 4.78 is 10.7. The van der Waals surface area contributed by atoms with Gasteiger partial charge in [-0.2, -0.15) is 0 Å². The molecule has 7 heteroatoms. The van der Waals surface area contributed by atoms with E-state index in [1.807, 2.05) is 30.3 Å². The molecule has 0 aliphatic rings. The van der Waals surface area contributed by atoms with Crippen LogP contribution in [0.2, 0.25) is 0 Å². The highest BCUT2D eigenvalue weighted by Gasteiger charge is 2.15. The van der Waals surface area contributed by atoms with Gasteiger partial charge in [0.2, 0.25) is 0 Å². The van der Waals surface area contributed by atoms with Gasteiger partial charge in [-0.15, -0.1) is 0 Å². The Labute approximate surface area is 177 Å². The minimum Gasteiger partial charge on any atom is -0.546 e. The summed E-state index contributed by atoms with van der Waals surface area (Å²) in [5.74, 6) is -2.16. The standard InChI is InChI=1S/C24H19NO6/c1-13(23(26)27)31-20-10-8-15(11-21(20)30-2)19-12-17(24(28)29)22-16-6-4-3-5-14(16)7-9-18(22)25-19/h3-13H,1-2H3,(H,26,27)(H,28,29)/p-2/t13-/m1/s1. The normalized spacial score (nSPS) is 11.9. The van der Waals surface area contributed by atoms with E-state index in [4.69, 9.17) is 9.47 Å². The molecule has 0 unspecified atom stereocenters. The molecule has 0 N–H and O–H groups in total. The molecule has 156 valence electrons.